The number of hydrogen-bond acceptors (Lipinski definition) is 3. The Balaban J connectivity index is 1.63. The van der Waals surface area contributed by atoms with E-state index in [1.807, 2.05) is 38.1 Å². The lowest BCUT2D eigenvalue weighted by atomic mass is 9.97. The van der Waals surface area contributed by atoms with Crippen LogP contribution in [0.15, 0.2) is 24.3 Å². The molecular formula is C22H32N4O3. The molecule has 158 valence electrons. The number of rotatable bonds is 5. The number of urea groups is 1. The number of anilines is 2. The highest BCUT2D eigenvalue weighted by Gasteiger charge is 2.30. The van der Waals surface area contributed by atoms with Crippen LogP contribution in [0.5, 0.6) is 0 Å². The smallest absolute Gasteiger partial charge is 0.320 e. The van der Waals surface area contributed by atoms with Gasteiger partial charge in [-0.05, 0) is 57.7 Å². The van der Waals surface area contributed by atoms with Crippen LogP contribution in [-0.4, -0.2) is 60.4 Å². The van der Waals surface area contributed by atoms with E-state index >= 15 is 0 Å². The summed E-state index contributed by atoms with van der Waals surface area (Å²) in [5.74, 6) is -0.148. The molecule has 0 aliphatic carbocycles. The van der Waals surface area contributed by atoms with Crippen LogP contribution in [0.2, 0.25) is 0 Å². The molecule has 0 saturated carbocycles. The summed E-state index contributed by atoms with van der Waals surface area (Å²) in [4.78, 5) is 43.0. The molecule has 2 aliphatic rings. The molecule has 4 amide bonds. The predicted octanol–water partition coefficient (Wildman–Crippen LogP) is 3.32. The monoisotopic (exact) mass is 400 g/mol. The quantitative estimate of drug-likeness (QED) is 0.824. The maximum absolute atomic E-state index is 12.9. The second-order valence-electron chi connectivity index (χ2n) is 7.78. The lowest BCUT2D eigenvalue weighted by Gasteiger charge is -2.35. The standard InChI is InChI=1S/C22H32N4O3/c1-3-24(4-2)22(29)25-13-8-9-17(16-25)21(28)23-18-10-7-11-19(15-18)26-14-6-5-12-20(26)27/h7,10-11,15,17H,3-6,8-9,12-14,16H2,1-2H3,(H,23,28). The van der Waals surface area contributed by atoms with Gasteiger partial charge in [0.2, 0.25) is 11.8 Å². The van der Waals surface area contributed by atoms with E-state index in [0.29, 0.717) is 38.3 Å². The Bertz CT molecular complexity index is 747. The number of nitrogens with zero attached hydrogens (tertiary/aromatic N) is 3. The fourth-order valence-corrected chi connectivity index (χ4v) is 4.13. The summed E-state index contributed by atoms with van der Waals surface area (Å²) in [6.07, 6.45) is 4.12. The van der Waals surface area contributed by atoms with Crippen molar-refractivity contribution in [3.63, 3.8) is 0 Å². The minimum Gasteiger partial charge on any atom is -0.326 e. The van der Waals surface area contributed by atoms with Crippen molar-refractivity contribution in [3.05, 3.63) is 24.3 Å². The average Bonchev–Trinajstić information content (AvgIpc) is 2.75. The zero-order valence-corrected chi connectivity index (χ0v) is 17.5. The topological polar surface area (TPSA) is 73.0 Å². The normalized spacial score (nSPS) is 19.8. The van der Waals surface area contributed by atoms with Crippen LogP contribution < -0.4 is 10.2 Å². The molecule has 0 radical (unpaired) electrons. The maximum Gasteiger partial charge on any atom is 0.320 e. The SMILES string of the molecule is CCN(CC)C(=O)N1CCCC(C(=O)Nc2cccc(N3CCCCC3=O)c2)C1. The summed E-state index contributed by atoms with van der Waals surface area (Å²) in [6, 6.07) is 7.49. The number of amides is 4. The van der Waals surface area contributed by atoms with Gasteiger partial charge in [-0.2, -0.15) is 0 Å². The fourth-order valence-electron chi connectivity index (χ4n) is 4.13. The number of likely N-dealkylation sites (tertiary alicyclic amines) is 1. The summed E-state index contributed by atoms with van der Waals surface area (Å²) in [5.41, 5.74) is 1.52. The Labute approximate surface area is 173 Å². The molecule has 2 saturated heterocycles. The minimum atomic E-state index is -0.219. The van der Waals surface area contributed by atoms with Gasteiger partial charge in [-0.3, -0.25) is 9.59 Å². The number of hydrogen-bond donors (Lipinski definition) is 1. The van der Waals surface area contributed by atoms with Crippen molar-refractivity contribution in [3.8, 4) is 0 Å². The van der Waals surface area contributed by atoms with Gasteiger partial charge < -0.3 is 20.0 Å². The molecule has 29 heavy (non-hydrogen) atoms. The Kier molecular flexibility index (Phi) is 7.12. The number of carbonyl (C=O) groups excluding carboxylic acids is 3. The molecule has 1 aromatic rings. The fraction of sp³-hybridized carbons (Fsp3) is 0.591. The molecule has 2 heterocycles. The van der Waals surface area contributed by atoms with Crippen molar-refractivity contribution in [2.24, 2.45) is 5.92 Å². The van der Waals surface area contributed by atoms with Gasteiger partial charge in [0.05, 0.1) is 5.92 Å². The minimum absolute atomic E-state index is 0.0121. The van der Waals surface area contributed by atoms with Gasteiger partial charge in [0.15, 0.2) is 0 Å². The van der Waals surface area contributed by atoms with Crippen LogP contribution in [0, 0.1) is 5.92 Å². The maximum atomic E-state index is 12.9. The van der Waals surface area contributed by atoms with Gasteiger partial charge in [0, 0.05) is 50.5 Å². The van der Waals surface area contributed by atoms with Crippen molar-refractivity contribution >= 4 is 29.2 Å². The highest BCUT2D eigenvalue weighted by molar-refractivity contribution is 5.96. The number of nitrogens with one attached hydrogen (secondary N) is 1. The Morgan fingerprint density at radius 3 is 2.66 bits per heavy atom. The zero-order valence-electron chi connectivity index (χ0n) is 17.5. The molecular weight excluding hydrogens is 368 g/mol. The van der Waals surface area contributed by atoms with Gasteiger partial charge in [0.25, 0.3) is 0 Å². The molecule has 3 rings (SSSR count). The first kappa shape index (κ1) is 21.1. The third-order valence-corrected chi connectivity index (χ3v) is 5.85. The van der Waals surface area contributed by atoms with E-state index in [1.165, 1.54) is 0 Å². The molecule has 1 aromatic carbocycles. The van der Waals surface area contributed by atoms with Gasteiger partial charge in [-0.15, -0.1) is 0 Å². The average molecular weight is 401 g/mol. The van der Waals surface area contributed by atoms with Crippen LogP contribution in [-0.2, 0) is 9.59 Å². The highest BCUT2D eigenvalue weighted by Crippen LogP contribution is 2.25. The van der Waals surface area contributed by atoms with Crippen LogP contribution in [0.4, 0.5) is 16.2 Å². The second kappa shape index (κ2) is 9.76. The summed E-state index contributed by atoms with van der Waals surface area (Å²) in [5, 5.41) is 2.99. The van der Waals surface area contributed by atoms with Crippen molar-refractivity contribution in [1.82, 2.24) is 9.80 Å². The summed E-state index contributed by atoms with van der Waals surface area (Å²) in [6.45, 7) is 7.15. The largest absolute Gasteiger partial charge is 0.326 e. The van der Waals surface area contributed by atoms with Crippen molar-refractivity contribution in [1.29, 1.82) is 0 Å². The summed E-state index contributed by atoms with van der Waals surface area (Å²) < 4.78 is 0. The van der Waals surface area contributed by atoms with Crippen LogP contribution in [0.3, 0.4) is 0 Å². The van der Waals surface area contributed by atoms with Crippen molar-refractivity contribution in [2.75, 3.05) is 42.9 Å². The summed E-state index contributed by atoms with van der Waals surface area (Å²) >= 11 is 0. The Morgan fingerprint density at radius 2 is 1.93 bits per heavy atom. The van der Waals surface area contributed by atoms with Crippen LogP contribution in [0.1, 0.15) is 46.0 Å². The van der Waals surface area contributed by atoms with Gasteiger partial charge in [-0.1, -0.05) is 6.07 Å². The Morgan fingerprint density at radius 1 is 1.14 bits per heavy atom. The predicted molar refractivity (Wildman–Crippen MR) is 114 cm³/mol. The summed E-state index contributed by atoms with van der Waals surface area (Å²) in [7, 11) is 0. The highest BCUT2D eigenvalue weighted by atomic mass is 16.2. The van der Waals surface area contributed by atoms with Crippen LogP contribution >= 0.6 is 0 Å². The molecule has 0 spiro atoms. The van der Waals surface area contributed by atoms with E-state index in [-0.39, 0.29) is 23.8 Å². The van der Waals surface area contributed by atoms with E-state index in [0.717, 1.165) is 37.9 Å². The lowest BCUT2D eigenvalue weighted by molar-refractivity contribution is -0.121. The molecule has 2 fully saturated rings. The van der Waals surface area contributed by atoms with E-state index < -0.39 is 0 Å². The molecule has 7 nitrogen and oxygen atoms in total. The van der Waals surface area contributed by atoms with E-state index in [1.54, 1.807) is 14.7 Å². The molecule has 0 bridgehead atoms. The van der Waals surface area contributed by atoms with E-state index in [4.69, 9.17) is 0 Å². The number of carbonyl (C=O) groups is 3. The van der Waals surface area contributed by atoms with Crippen molar-refractivity contribution < 1.29 is 14.4 Å². The third-order valence-electron chi connectivity index (χ3n) is 5.85. The van der Waals surface area contributed by atoms with E-state index in [9.17, 15) is 14.4 Å². The van der Waals surface area contributed by atoms with Gasteiger partial charge >= 0.3 is 6.03 Å². The second-order valence-corrected chi connectivity index (χ2v) is 7.78. The molecule has 2 aliphatic heterocycles. The Hall–Kier alpha value is -2.57. The lowest BCUT2D eigenvalue weighted by Crippen LogP contribution is -2.49. The van der Waals surface area contributed by atoms with Gasteiger partial charge in [0.1, 0.15) is 0 Å². The number of benzene rings is 1. The molecule has 1 atom stereocenters. The molecule has 1 unspecified atom stereocenters. The van der Waals surface area contributed by atoms with Crippen LogP contribution in [0.25, 0.3) is 0 Å². The number of piperidine rings is 2. The zero-order chi connectivity index (χ0) is 20.8. The first-order valence-electron chi connectivity index (χ1n) is 10.8. The first-order chi connectivity index (χ1) is 14.0. The van der Waals surface area contributed by atoms with E-state index in [2.05, 4.69) is 5.32 Å². The molecule has 1 N–H and O–H groups in total. The van der Waals surface area contributed by atoms with Gasteiger partial charge in [-0.25, -0.2) is 4.79 Å². The van der Waals surface area contributed by atoms with Crippen molar-refractivity contribution in [2.45, 2.75) is 46.0 Å². The molecule has 7 heteroatoms. The first-order valence-corrected chi connectivity index (χ1v) is 10.8. The third kappa shape index (κ3) is 5.08. The molecule has 0 aromatic heterocycles.